The summed E-state index contributed by atoms with van der Waals surface area (Å²) in [5.74, 6) is -1.36. The molecule has 1 atom stereocenters. The second kappa shape index (κ2) is 11.2. The minimum Gasteiger partial charge on any atom is -0.447 e. The topological polar surface area (TPSA) is 101 Å². The normalized spacial score (nSPS) is 13.3. The largest absolute Gasteiger partial charge is 0.552 e. The summed E-state index contributed by atoms with van der Waals surface area (Å²) in [5.41, 5.74) is 0. The van der Waals surface area contributed by atoms with Gasteiger partial charge < -0.3 is 19.3 Å². The van der Waals surface area contributed by atoms with Gasteiger partial charge >= 0.3 is 12.3 Å². The first-order chi connectivity index (χ1) is 9.93. The van der Waals surface area contributed by atoms with E-state index in [-0.39, 0.29) is 6.61 Å². The number of carbonyl (C=O) groups is 2. The van der Waals surface area contributed by atoms with Crippen molar-refractivity contribution in [2.24, 2.45) is 0 Å². The van der Waals surface area contributed by atoms with Gasteiger partial charge in [-0.2, -0.15) is 9.68 Å². The Balaban J connectivity index is 4.33. The zero-order valence-electron chi connectivity index (χ0n) is 12.8. The SMILES string of the molecule is CCCCOCC(C)(OCCCC)OC(=O)OOC(=O)O. The third kappa shape index (κ3) is 10.9. The molecular weight excluding hydrogens is 284 g/mol. The molecule has 0 amide bonds. The Bertz CT molecular complexity index is 307. The Hall–Kier alpha value is -1.54. The number of ether oxygens (including phenoxy) is 3. The van der Waals surface area contributed by atoms with Crippen LogP contribution >= 0.6 is 0 Å². The molecule has 0 aliphatic carbocycles. The van der Waals surface area contributed by atoms with Crippen molar-refractivity contribution in [3.8, 4) is 0 Å². The molecule has 0 rings (SSSR count). The van der Waals surface area contributed by atoms with Crippen LogP contribution in [0.1, 0.15) is 46.5 Å². The van der Waals surface area contributed by atoms with Gasteiger partial charge in [-0.15, -0.1) is 0 Å². The molecule has 8 nitrogen and oxygen atoms in total. The van der Waals surface area contributed by atoms with Crippen LogP contribution in [0.2, 0.25) is 0 Å². The maximum atomic E-state index is 11.3. The quantitative estimate of drug-likeness (QED) is 0.216. The van der Waals surface area contributed by atoms with E-state index < -0.39 is 18.1 Å². The summed E-state index contributed by atoms with van der Waals surface area (Å²) < 4.78 is 15.8. The highest BCUT2D eigenvalue weighted by atomic mass is 17.3. The predicted molar refractivity (Wildman–Crippen MR) is 71.7 cm³/mol. The molecule has 0 aromatic rings. The summed E-state index contributed by atoms with van der Waals surface area (Å²) >= 11 is 0. The van der Waals surface area contributed by atoms with Crippen molar-refractivity contribution in [2.45, 2.75) is 52.2 Å². The van der Waals surface area contributed by atoms with Crippen LogP contribution in [-0.2, 0) is 24.0 Å². The van der Waals surface area contributed by atoms with Crippen LogP contribution in [0, 0.1) is 0 Å². The number of unbranched alkanes of at least 4 members (excludes halogenated alkanes) is 2. The standard InChI is InChI=1S/C13H24O8/c1-4-6-8-17-10-13(3,18-9-7-5-2)19-12(16)21-20-11(14)15/h4-10H2,1-3H3,(H,14,15). The molecule has 8 heteroatoms. The lowest BCUT2D eigenvalue weighted by molar-refractivity contribution is -0.270. The van der Waals surface area contributed by atoms with E-state index in [4.69, 9.17) is 19.3 Å². The van der Waals surface area contributed by atoms with Crippen LogP contribution in [0.5, 0.6) is 0 Å². The van der Waals surface area contributed by atoms with Crippen molar-refractivity contribution in [1.82, 2.24) is 0 Å². The van der Waals surface area contributed by atoms with E-state index in [2.05, 4.69) is 9.78 Å². The van der Waals surface area contributed by atoms with Crippen LogP contribution in [0.25, 0.3) is 0 Å². The van der Waals surface area contributed by atoms with E-state index in [9.17, 15) is 9.59 Å². The Labute approximate surface area is 124 Å². The monoisotopic (exact) mass is 308 g/mol. The van der Waals surface area contributed by atoms with Crippen molar-refractivity contribution in [2.75, 3.05) is 19.8 Å². The van der Waals surface area contributed by atoms with Gasteiger partial charge in [0.15, 0.2) is 0 Å². The second-order valence-corrected chi connectivity index (χ2v) is 4.53. The summed E-state index contributed by atoms with van der Waals surface area (Å²) in [7, 11) is 0. The zero-order valence-corrected chi connectivity index (χ0v) is 12.8. The highest BCUT2D eigenvalue weighted by molar-refractivity contribution is 5.62. The molecule has 0 heterocycles. The second-order valence-electron chi connectivity index (χ2n) is 4.53. The van der Waals surface area contributed by atoms with E-state index in [0.717, 1.165) is 25.7 Å². The molecule has 0 aliphatic rings. The van der Waals surface area contributed by atoms with E-state index >= 15 is 0 Å². The Morgan fingerprint density at radius 3 is 2.24 bits per heavy atom. The summed E-state index contributed by atoms with van der Waals surface area (Å²) in [4.78, 5) is 29.0. The van der Waals surface area contributed by atoms with Gasteiger partial charge in [-0.1, -0.05) is 26.7 Å². The van der Waals surface area contributed by atoms with Crippen molar-refractivity contribution in [3.63, 3.8) is 0 Å². The van der Waals surface area contributed by atoms with E-state index in [1.54, 1.807) is 0 Å². The molecule has 1 N–H and O–H groups in total. The third-order valence-electron chi connectivity index (χ3n) is 2.39. The van der Waals surface area contributed by atoms with E-state index in [0.29, 0.717) is 13.2 Å². The van der Waals surface area contributed by atoms with Crippen molar-refractivity contribution < 1.29 is 38.7 Å². The molecule has 0 saturated carbocycles. The first-order valence-electron chi connectivity index (χ1n) is 6.95. The van der Waals surface area contributed by atoms with Crippen LogP contribution in [0.4, 0.5) is 9.59 Å². The van der Waals surface area contributed by atoms with Crippen LogP contribution in [0.15, 0.2) is 0 Å². The number of hydrogen-bond donors (Lipinski definition) is 1. The number of hydrogen-bond acceptors (Lipinski definition) is 7. The molecule has 0 saturated heterocycles. The molecule has 0 spiro atoms. The summed E-state index contributed by atoms with van der Waals surface area (Å²) in [6.07, 6.45) is 0.490. The molecule has 1 unspecified atom stereocenters. The van der Waals surface area contributed by atoms with Crippen molar-refractivity contribution in [1.29, 1.82) is 0 Å². The zero-order chi connectivity index (χ0) is 16.1. The molecule has 21 heavy (non-hydrogen) atoms. The fourth-order valence-electron chi connectivity index (χ4n) is 1.30. The van der Waals surface area contributed by atoms with Gasteiger partial charge in [0, 0.05) is 13.5 Å². The molecule has 0 aromatic heterocycles. The van der Waals surface area contributed by atoms with Gasteiger partial charge in [0.1, 0.15) is 6.61 Å². The maximum Gasteiger partial charge on any atom is 0.552 e. The first kappa shape index (κ1) is 19.5. The number of rotatable bonds is 10. The molecule has 0 bridgehead atoms. The van der Waals surface area contributed by atoms with Crippen molar-refractivity contribution in [3.05, 3.63) is 0 Å². The minimum atomic E-state index is -1.75. The van der Waals surface area contributed by atoms with Gasteiger partial charge in [-0.25, -0.2) is 9.68 Å². The molecule has 0 aromatic carbocycles. The minimum absolute atomic E-state index is 0.0128. The maximum absolute atomic E-state index is 11.3. The van der Waals surface area contributed by atoms with Gasteiger partial charge in [0.25, 0.3) is 0 Å². The van der Waals surface area contributed by atoms with E-state index in [1.165, 1.54) is 6.92 Å². The van der Waals surface area contributed by atoms with Gasteiger partial charge in [-0.3, -0.25) is 0 Å². The lowest BCUT2D eigenvalue weighted by Crippen LogP contribution is -2.40. The Morgan fingerprint density at radius 1 is 1.05 bits per heavy atom. The van der Waals surface area contributed by atoms with E-state index in [1.807, 2.05) is 13.8 Å². The summed E-state index contributed by atoms with van der Waals surface area (Å²) in [5, 5.41) is 8.22. The predicted octanol–water partition coefficient (Wildman–Crippen LogP) is 3.10. The van der Waals surface area contributed by atoms with Crippen molar-refractivity contribution >= 4 is 12.3 Å². The van der Waals surface area contributed by atoms with Gasteiger partial charge in [0.05, 0.1) is 6.61 Å². The lowest BCUT2D eigenvalue weighted by Gasteiger charge is -2.28. The molecular formula is C13H24O8. The lowest BCUT2D eigenvalue weighted by atomic mass is 10.3. The fourth-order valence-corrected chi connectivity index (χ4v) is 1.30. The summed E-state index contributed by atoms with van der Waals surface area (Å²) in [6, 6.07) is 0. The summed E-state index contributed by atoms with van der Waals surface area (Å²) in [6.45, 7) is 6.42. The smallest absolute Gasteiger partial charge is 0.447 e. The van der Waals surface area contributed by atoms with Crippen LogP contribution < -0.4 is 0 Å². The van der Waals surface area contributed by atoms with Gasteiger partial charge in [-0.05, 0) is 12.8 Å². The first-order valence-corrected chi connectivity index (χ1v) is 6.95. The number of carboxylic acid groups (broad SMARTS) is 1. The molecule has 0 aliphatic heterocycles. The average Bonchev–Trinajstić information content (AvgIpc) is 2.42. The molecule has 0 radical (unpaired) electrons. The highest BCUT2D eigenvalue weighted by Crippen LogP contribution is 2.16. The molecule has 124 valence electrons. The number of carbonyl (C=O) groups excluding carboxylic acids is 1. The fraction of sp³-hybridized carbons (Fsp3) is 0.846. The third-order valence-corrected chi connectivity index (χ3v) is 2.39. The highest BCUT2D eigenvalue weighted by Gasteiger charge is 2.32. The average molecular weight is 308 g/mol. The Kier molecular flexibility index (Phi) is 10.3. The van der Waals surface area contributed by atoms with Crippen LogP contribution in [-0.4, -0.2) is 43.0 Å². The van der Waals surface area contributed by atoms with Gasteiger partial charge in [0.2, 0.25) is 5.79 Å². The molecule has 0 fully saturated rings. The van der Waals surface area contributed by atoms with Crippen LogP contribution in [0.3, 0.4) is 0 Å². The Morgan fingerprint density at radius 2 is 1.67 bits per heavy atom.